The van der Waals surface area contributed by atoms with E-state index in [9.17, 15) is 10.5 Å². The number of hydrogen-bond donors (Lipinski definition) is 1. The van der Waals surface area contributed by atoms with Crippen LogP contribution in [0.1, 0.15) is 34.1 Å². The van der Waals surface area contributed by atoms with Gasteiger partial charge in [0, 0.05) is 32.7 Å². The highest BCUT2D eigenvalue weighted by molar-refractivity contribution is 5.34. The van der Waals surface area contributed by atoms with E-state index in [-0.39, 0.29) is 6.04 Å². The lowest BCUT2D eigenvalue weighted by Crippen LogP contribution is -2.48. The van der Waals surface area contributed by atoms with Gasteiger partial charge in [-0.25, -0.2) is 0 Å². The summed E-state index contributed by atoms with van der Waals surface area (Å²) in [5.41, 5.74) is 4.28. The maximum Gasteiger partial charge on any atom is 0.103 e. The molecule has 6 heteroatoms. The first-order chi connectivity index (χ1) is 16.1. The van der Waals surface area contributed by atoms with E-state index >= 15 is 0 Å². The fourth-order valence-corrected chi connectivity index (χ4v) is 4.59. The summed E-state index contributed by atoms with van der Waals surface area (Å²) in [5, 5.41) is 20.2. The van der Waals surface area contributed by atoms with Crippen molar-refractivity contribution in [1.82, 2.24) is 14.5 Å². The van der Waals surface area contributed by atoms with Crippen molar-refractivity contribution in [3.63, 3.8) is 0 Å². The summed E-state index contributed by atoms with van der Waals surface area (Å²) in [6, 6.07) is 25.7. The molecule has 0 bridgehead atoms. The molecule has 4 rings (SSSR count). The lowest BCUT2D eigenvalue weighted by atomic mass is 9.96. The third-order valence-corrected chi connectivity index (χ3v) is 6.43. The number of pyridine rings is 1. The summed E-state index contributed by atoms with van der Waals surface area (Å²) in [4.78, 5) is 9.68. The summed E-state index contributed by atoms with van der Waals surface area (Å²) < 4.78 is 1.05. The van der Waals surface area contributed by atoms with E-state index in [1.807, 2.05) is 6.92 Å². The van der Waals surface area contributed by atoms with Crippen LogP contribution in [0.2, 0.25) is 0 Å². The van der Waals surface area contributed by atoms with E-state index in [2.05, 4.69) is 81.5 Å². The van der Waals surface area contributed by atoms with Crippen molar-refractivity contribution >= 4 is 0 Å². The molecular formula is C27H31N5O. The average Bonchev–Trinajstić information content (AvgIpc) is 2.85. The number of nitrogens with zero attached hydrogens (tertiary/aromatic N) is 5. The molecule has 0 saturated carbocycles. The van der Waals surface area contributed by atoms with Crippen molar-refractivity contribution < 1.29 is 5.21 Å². The van der Waals surface area contributed by atoms with Crippen molar-refractivity contribution in [1.29, 1.82) is 5.26 Å². The van der Waals surface area contributed by atoms with Crippen LogP contribution in [0.4, 0.5) is 0 Å². The zero-order chi connectivity index (χ0) is 23.2. The summed E-state index contributed by atoms with van der Waals surface area (Å²) >= 11 is 0. The fraction of sp³-hybridized carbons (Fsp3) is 0.333. The molecule has 1 fully saturated rings. The minimum atomic E-state index is 0.262. The van der Waals surface area contributed by atoms with E-state index in [0.29, 0.717) is 28.9 Å². The number of piperazine rings is 1. The molecule has 1 N–H and O–H groups in total. The molecule has 1 aromatic heterocycles. The summed E-state index contributed by atoms with van der Waals surface area (Å²) in [7, 11) is 0. The normalized spacial score (nSPS) is 15.6. The highest BCUT2D eigenvalue weighted by Gasteiger charge is 2.26. The maximum absolute atomic E-state index is 10.0. The van der Waals surface area contributed by atoms with E-state index < -0.39 is 0 Å². The number of aromatic nitrogens is 1. The molecule has 33 heavy (non-hydrogen) atoms. The van der Waals surface area contributed by atoms with Crippen molar-refractivity contribution in [2.75, 3.05) is 39.3 Å². The van der Waals surface area contributed by atoms with Gasteiger partial charge in [0.05, 0.1) is 34.9 Å². The SMILES string of the molecule is Cc1cc(=NCCN2CCN(C(c3ccccc3)c3ccccc3)CC2)c(C#N)c(C)n1O. The molecular weight excluding hydrogens is 410 g/mol. The Bertz CT molecular complexity index is 1130. The van der Waals surface area contributed by atoms with Gasteiger partial charge < -0.3 is 5.21 Å². The van der Waals surface area contributed by atoms with Gasteiger partial charge in [-0.1, -0.05) is 60.7 Å². The monoisotopic (exact) mass is 441 g/mol. The first kappa shape index (κ1) is 22.8. The molecule has 1 aliphatic rings. The van der Waals surface area contributed by atoms with Crippen LogP contribution in [0.15, 0.2) is 71.7 Å². The molecule has 0 atom stereocenters. The highest BCUT2D eigenvalue weighted by atomic mass is 16.5. The second-order valence-electron chi connectivity index (χ2n) is 8.54. The van der Waals surface area contributed by atoms with Crippen LogP contribution in [0.5, 0.6) is 0 Å². The van der Waals surface area contributed by atoms with Crippen LogP contribution in [0.25, 0.3) is 0 Å². The van der Waals surface area contributed by atoms with Gasteiger partial charge >= 0.3 is 0 Å². The van der Waals surface area contributed by atoms with E-state index in [1.165, 1.54) is 11.1 Å². The molecule has 0 aliphatic carbocycles. The molecule has 1 saturated heterocycles. The Labute approximate surface area is 195 Å². The molecule has 0 spiro atoms. The molecule has 2 heterocycles. The van der Waals surface area contributed by atoms with Crippen molar-refractivity contribution in [2.24, 2.45) is 4.99 Å². The lowest BCUT2D eigenvalue weighted by molar-refractivity contribution is 0.111. The van der Waals surface area contributed by atoms with Gasteiger partial charge in [0.25, 0.3) is 0 Å². The van der Waals surface area contributed by atoms with Gasteiger partial charge in [-0.15, -0.1) is 0 Å². The van der Waals surface area contributed by atoms with Gasteiger partial charge in [-0.3, -0.25) is 14.8 Å². The van der Waals surface area contributed by atoms with E-state index in [0.717, 1.165) is 37.5 Å². The van der Waals surface area contributed by atoms with Crippen molar-refractivity contribution in [3.8, 4) is 6.07 Å². The van der Waals surface area contributed by atoms with Gasteiger partial charge in [0.15, 0.2) is 0 Å². The second-order valence-corrected chi connectivity index (χ2v) is 8.54. The first-order valence-corrected chi connectivity index (χ1v) is 11.5. The van der Waals surface area contributed by atoms with Gasteiger partial charge in [-0.2, -0.15) is 9.99 Å². The van der Waals surface area contributed by atoms with Crippen LogP contribution < -0.4 is 5.36 Å². The minimum Gasteiger partial charge on any atom is -0.428 e. The molecule has 170 valence electrons. The number of benzene rings is 2. The first-order valence-electron chi connectivity index (χ1n) is 11.5. The number of rotatable bonds is 6. The molecule has 0 amide bonds. The standard InChI is InChI=1S/C27H31N5O/c1-21-19-26(25(20-28)22(2)32(21)33)29-13-14-30-15-17-31(18-16-30)27(23-9-5-3-6-10-23)24-11-7-4-8-12-24/h3-12,19,27,33H,13-18H2,1-2H3. The predicted octanol–water partition coefficient (Wildman–Crippen LogP) is 3.52. The Morgan fingerprint density at radius 1 is 0.939 bits per heavy atom. The third-order valence-electron chi connectivity index (χ3n) is 6.43. The van der Waals surface area contributed by atoms with Gasteiger partial charge in [-0.05, 0) is 31.0 Å². The summed E-state index contributed by atoms with van der Waals surface area (Å²) in [6.07, 6.45) is 0. The molecule has 0 radical (unpaired) electrons. The molecule has 3 aromatic rings. The minimum absolute atomic E-state index is 0.262. The largest absolute Gasteiger partial charge is 0.428 e. The molecule has 0 unspecified atom stereocenters. The summed E-state index contributed by atoms with van der Waals surface area (Å²) in [6.45, 7) is 8.98. The van der Waals surface area contributed by atoms with Crippen molar-refractivity contribution in [3.05, 3.63) is 100 Å². The zero-order valence-corrected chi connectivity index (χ0v) is 19.4. The summed E-state index contributed by atoms with van der Waals surface area (Å²) in [5.74, 6) is 0. The Balaban J connectivity index is 1.42. The van der Waals surface area contributed by atoms with Crippen LogP contribution in [-0.2, 0) is 0 Å². The number of nitriles is 1. The maximum atomic E-state index is 10.0. The number of hydrogen-bond acceptors (Lipinski definition) is 5. The Morgan fingerprint density at radius 3 is 2.06 bits per heavy atom. The lowest BCUT2D eigenvalue weighted by Gasteiger charge is -2.39. The quantitative estimate of drug-likeness (QED) is 0.595. The van der Waals surface area contributed by atoms with Crippen LogP contribution >= 0.6 is 0 Å². The van der Waals surface area contributed by atoms with Crippen LogP contribution in [0.3, 0.4) is 0 Å². The Morgan fingerprint density at radius 2 is 1.52 bits per heavy atom. The van der Waals surface area contributed by atoms with Crippen molar-refractivity contribution in [2.45, 2.75) is 19.9 Å². The van der Waals surface area contributed by atoms with Crippen LogP contribution in [-0.4, -0.2) is 59.0 Å². The van der Waals surface area contributed by atoms with Gasteiger partial charge in [0.2, 0.25) is 0 Å². The topological polar surface area (TPSA) is 67.8 Å². The third kappa shape index (κ3) is 5.16. The zero-order valence-electron chi connectivity index (χ0n) is 19.4. The van der Waals surface area contributed by atoms with Crippen LogP contribution in [0, 0.1) is 25.2 Å². The van der Waals surface area contributed by atoms with E-state index in [1.54, 1.807) is 13.0 Å². The fourth-order valence-electron chi connectivity index (χ4n) is 4.59. The second kappa shape index (κ2) is 10.5. The Hall–Kier alpha value is -3.40. The smallest absolute Gasteiger partial charge is 0.103 e. The highest BCUT2D eigenvalue weighted by Crippen LogP contribution is 2.29. The average molecular weight is 442 g/mol. The van der Waals surface area contributed by atoms with Gasteiger partial charge in [0.1, 0.15) is 6.07 Å². The molecule has 2 aromatic carbocycles. The van der Waals surface area contributed by atoms with E-state index in [4.69, 9.17) is 0 Å². The Kier molecular flexibility index (Phi) is 7.23. The molecule has 1 aliphatic heterocycles. The number of aryl methyl sites for hydroxylation is 1. The molecule has 6 nitrogen and oxygen atoms in total. The predicted molar refractivity (Wildman–Crippen MR) is 129 cm³/mol.